The van der Waals surface area contributed by atoms with Gasteiger partial charge in [-0.25, -0.2) is 0 Å². The van der Waals surface area contributed by atoms with E-state index >= 15 is 0 Å². The third-order valence-electron chi connectivity index (χ3n) is 2.15. The second kappa shape index (κ2) is 4.85. The largest absolute Gasteiger partial charge is 0.379 e. The Hall–Kier alpha value is 0.530. The van der Waals surface area contributed by atoms with Crippen molar-refractivity contribution in [3.8, 4) is 0 Å². The van der Waals surface area contributed by atoms with E-state index in [2.05, 4.69) is 0 Å². The van der Waals surface area contributed by atoms with E-state index in [0.29, 0.717) is 19.0 Å². The topological polar surface area (TPSA) is 38.7 Å². The molecule has 0 spiro atoms. The minimum absolute atomic E-state index is 0.0148. The minimum Gasteiger partial charge on any atom is -0.379 e. The Balaban J connectivity index is 2.40. The van der Waals surface area contributed by atoms with Crippen LogP contribution in [0.25, 0.3) is 0 Å². The van der Waals surface area contributed by atoms with Gasteiger partial charge in [-0.1, -0.05) is 11.8 Å². The predicted octanol–water partition coefficient (Wildman–Crippen LogP) is 1.20. The van der Waals surface area contributed by atoms with Crippen molar-refractivity contribution >= 4 is 18.1 Å². The van der Waals surface area contributed by atoms with Crippen molar-refractivity contribution in [2.24, 2.45) is 0 Å². The number of methoxy groups -OCH3 is 1. The Morgan fingerprint density at radius 2 is 2.54 bits per heavy atom. The lowest BCUT2D eigenvalue weighted by Crippen LogP contribution is -2.24. The van der Waals surface area contributed by atoms with Crippen molar-refractivity contribution in [1.82, 2.24) is 0 Å². The van der Waals surface area contributed by atoms with E-state index in [1.165, 1.54) is 0 Å². The first-order valence-electron chi connectivity index (χ1n) is 4.90. The molecule has 0 amide bonds. The summed E-state index contributed by atoms with van der Waals surface area (Å²) in [5, 5.41) is 0. The van der Waals surface area contributed by atoms with Crippen LogP contribution in [-0.4, -0.2) is 43.6 Å². The standard InChI is InChI=1S/C8H17O3PS/c1-10-7-3-5-11-8(7)4-6-12(2,9)13/h7-8H,3-6H2,1-2H3,(H,9,13)/t7?,8-,12?/m1/s1/i5T/t5-,7?,8+,12?/m0. The second-order valence-electron chi connectivity index (χ2n) is 3.41. The fourth-order valence-corrected chi connectivity index (χ4v) is 2.43. The molecule has 1 heterocycles. The van der Waals surface area contributed by atoms with Gasteiger partial charge in [0.05, 0.1) is 19.8 Å². The number of ether oxygens (including phenoxy) is 2. The molecule has 0 bridgehead atoms. The molecule has 0 aromatic rings. The van der Waals surface area contributed by atoms with Crippen LogP contribution in [0.1, 0.15) is 14.2 Å². The summed E-state index contributed by atoms with van der Waals surface area (Å²) in [6.45, 7) is 1.22. The van der Waals surface area contributed by atoms with Crippen molar-refractivity contribution < 1.29 is 15.7 Å². The summed E-state index contributed by atoms with van der Waals surface area (Å²) in [4.78, 5) is 9.49. The van der Waals surface area contributed by atoms with E-state index in [1.54, 1.807) is 13.8 Å². The molecule has 0 saturated carbocycles. The molecule has 1 fully saturated rings. The van der Waals surface area contributed by atoms with E-state index in [-0.39, 0.29) is 12.2 Å². The third kappa shape index (κ3) is 4.05. The van der Waals surface area contributed by atoms with E-state index in [0.717, 1.165) is 0 Å². The zero-order chi connectivity index (χ0) is 10.8. The van der Waals surface area contributed by atoms with E-state index in [9.17, 15) is 4.89 Å². The molecule has 1 rings (SSSR count). The van der Waals surface area contributed by atoms with Gasteiger partial charge < -0.3 is 14.4 Å². The smallest absolute Gasteiger partial charge is 0.0854 e. The van der Waals surface area contributed by atoms with Crippen LogP contribution in [0.15, 0.2) is 0 Å². The molecular weight excluding hydrogens is 207 g/mol. The van der Waals surface area contributed by atoms with Gasteiger partial charge in [0.1, 0.15) is 0 Å². The summed E-state index contributed by atoms with van der Waals surface area (Å²) in [6.07, 6.45) is -0.326. The van der Waals surface area contributed by atoms with Crippen molar-refractivity contribution in [1.29, 1.82) is 0 Å². The highest BCUT2D eigenvalue weighted by Gasteiger charge is 2.28. The molecule has 1 N–H and O–H groups in total. The molecule has 78 valence electrons. The predicted molar refractivity (Wildman–Crippen MR) is 57.1 cm³/mol. The summed E-state index contributed by atoms with van der Waals surface area (Å²) in [5.74, 6) is 0. The van der Waals surface area contributed by atoms with Crippen molar-refractivity contribution in [3.05, 3.63) is 0 Å². The number of hydrogen-bond acceptors (Lipinski definition) is 3. The Morgan fingerprint density at radius 1 is 1.85 bits per heavy atom. The first kappa shape index (κ1) is 10.1. The molecule has 0 aromatic carbocycles. The summed E-state index contributed by atoms with van der Waals surface area (Å²) in [5.41, 5.74) is 0. The molecule has 4 atom stereocenters. The average molecular weight is 226 g/mol. The van der Waals surface area contributed by atoms with Gasteiger partial charge in [0, 0.05) is 19.9 Å². The highest BCUT2D eigenvalue weighted by atomic mass is 32.4. The highest BCUT2D eigenvalue weighted by Crippen LogP contribution is 2.38. The maximum Gasteiger partial charge on any atom is 0.0854 e. The van der Waals surface area contributed by atoms with Gasteiger partial charge in [-0.2, -0.15) is 0 Å². The lowest BCUT2D eigenvalue weighted by atomic mass is 10.1. The van der Waals surface area contributed by atoms with Crippen LogP contribution in [0.5, 0.6) is 0 Å². The summed E-state index contributed by atoms with van der Waals surface area (Å²) >= 11 is 4.95. The van der Waals surface area contributed by atoms with Gasteiger partial charge in [0.15, 0.2) is 0 Å². The zero-order valence-corrected chi connectivity index (χ0v) is 9.68. The van der Waals surface area contributed by atoms with Crippen molar-refractivity contribution in [2.75, 3.05) is 26.5 Å². The number of hydrogen-bond donors (Lipinski definition) is 1. The first-order chi connectivity index (χ1) is 6.42. The van der Waals surface area contributed by atoms with Gasteiger partial charge in [0.2, 0.25) is 0 Å². The van der Waals surface area contributed by atoms with Gasteiger partial charge >= 0.3 is 0 Å². The quantitative estimate of drug-likeness (QED) is 0.731. The van der Waals surface area contributed by atoms with Crippen LogP contribution >= 0.6 is 6.26 Å². The molecule has 1 aliphatic heterocycles. The first-order valence-corrected chi connectivity index (χ1v) is 7.71. The molecule has 0 radical (unpaired) electrons. The molecular formula is C8H17O3PS. The van der Waals surface area contributed by atoms with Crippen LogP contribution in [0.2, 0.25) is 0 Å². The van der Waals surface area contributed by atoms with Gasteiger partial charge in [-0.15, -0.1) is 0 Å². The average Bonchev–Trinajstić information content (AvgIpc) is 2.41. The fourth-order valence-electron chi connectivity index (χ4n) is 1.38. The van der Waals surface area contributed by atoms with Crippen molar-refractivity contribution in [3.63, 3.8) is 0 Å². The van der Waals surface area contributed by atoms with Crippen LogP contribution in [0.3, 0.4) is 0 Å². The minimum atomic E-state index is -2.14. The van der Waals surface area contributed by atoms with E-state index in [1.807, 2.05) is 0 Å². The van der Waals surface area contributed by atoms with Crippen LogP contribution in [0, 0.1) is 0 Å². The molecule has 2 unspecified atom stereocenters. The normalized spacial score (nSPS) is 39.9. The molecule has 13 heavy (non-hydrogen) atoms. The summed E-state index contributed by atoms with van der Waals surface area (Å²) in [7, 11) is 1.63. The van der Waals surface area contributed by atoms with Gasteiger partial charge in [0.25, 0.3) is 0 Å². The van der Waals surface area contributed by atoms with E-state index in [4.69, 9.17) is 22.7 Å². The molecule has 5 heteroatoms. The zero-order valence-electron chi connectivity index (χ0n) is 8.97. The maximum absolute atomic E-state index is 9.49. The Bertz CT molecular complexity index is 233. The molecule has 1 saturated heterocycles. The third-order valence-corrected chi connectivity index (χ3v) is 3.78. The lowest BCUT2D eigenvalue weighted by molar-refractivity contribution is 0.0148. The van der Waals surface area contributed by atoms with Crippen LogP contribution in [0.4, 0.5) is 0 Å². The number of rotatable bonds is 4. The van der Waals surface area contributed by atoms with Crippen LogP contribution < -0.4 is 0 Å². The molecule has 1 aliphatic rings. The van der Waals surface area contributed by atoms with Crippen molar-refractivity contribution in [2.45, 2.75) is 25.0 Å². The summed E-state index contributed by atoms with van der Waals surface area (Å²) in [6, 6.07) is 0. The highest BCUT2D eigenvalue weighted by molar-refractivity contribution is 8.11. The monoisotopic (exact) mass is 226 g/mol. The fraction of sp³-hybridized carbons (Fsp3) is 1.00. The van der Waals surface area contributed by atoms with Gasteiger partial charge in [-0.3, -0.25) is 0 Å². The van der Waals surface area contributed by atoms with Crippen LogP contribution in [-0.2, 0) is 21.3 Å². The Kier molecular flexibility index (Phi) is 3.75. The second-order valence-corrected chi connectivity index (χ2v) is 8.32. The van der Waals surface area contributed by atoms with E-state index < -0.39 is 12.8 Å². The summed E-state index contributed by atoms with van der Waals surface area (Å²) < 4.78 is 18.0. The lowest BCUT2D eigenvalue weighted by Gasteiger charge is -2.18. The Labute approximate surface area is 85.9 Å². The van der Waals surface area contributed by atoms with Gasteiger partial charge in [-0.05, 0) is 19.5 Å². The Morgan fingerprint density at radius 3 is 3.08 bits per heavy atom. The SMILES string of the molecule is [3H][C@H]1CC(OC)[C@@H](CCP(C)(O)=S)O1. The molecule has 3 nitrogen and oxygen atoms in total. The maximum atomic E-state index is 9.49. The molecule has 0 aliphatic carbocycles. The molecule has 0 aromatic heterocycles.